The van der Waals surface area contributed by atoms with Crippen molar-refractivity contribution in [1.29, 1.82) is 0 Å². The minimum Gasteiger partial charge on any atom is -0.363 e. The summed E-state index contributed by atoms with van der Waals surface area (Å²) >= 11 is 0. The molecule has 0 aliphatic heterocycles. The highest BCUT2D eigenvalue weighted by molar-refractivity contribution is 7.89. The van der Waals surface area contributed by atoms with E-state index in [4.69, 9.17) is 5.73 Å². The van der Waals surface area contributed by atoms with Crippen LogP contribution in [0.5, 0.6) is 0 Å². The fraction of sp³-hybridized carbons (Fsp3) is 0.167. The van der Waals surface area contributed by atoms with Gasteiger partial charge in [0.25, 0.3) is 0 Å². The third kappa shape index (κ3) is 3.21. The molecule has 0 amide bonds. The molecular weight excluding hydrogens is 288 g/mol. The molecule has 0 radical (unpaired) electrons. The lowest BCUT2D eigenvalue weighted by Crippen LogP contribution is -2.23. The summed E-state index contributed by atoms with van der Waals surface area (Å²) in [6, 6.07) is 4.35. The van der Waals surface area contributed by atoms with Gasteiger partial charge in [-0.05, 0) is 12.1 Å². The second-order valence-electron chi connectivity index (χ2n) is 4.13. The van der Waals surface area contributed by atoms with Gasteiger partial charge in [-0.15, -0.1) is 0 Å². The summed E-state index contributed by atoms with van der Waals surface area (Å²) in [6.07, 6.45) is 1.30. The number of halogens is 2. The topological polar surface area (TPSA) is 88.0 Å². The molecule has 2 rings (SSSR count). The first kappa shape index (κ1) is 14.6. The molecule has 2 aromatic rings. The van der Waals surface area contributed by atoms with Crippen molar-refractivity contribution < 1.29 is 17.2 Å². The SMILES string of the molecule is NCc1cc(S(=O)(=O)NCc2ccc(F)cc2F)c[nH]1. The summed E-state index contributed by atoms with van der Waals surface area (Å²) in [4.78, 5) is 2.73. The second-order valence-corrected chi connectivity index (χ2v) is 5.89. The molecule has 0 saturated carbocycles. The molecule has 0 unspecified atom stereocenters. The number of sulfonamides is 1. The van der Waals surface area contributed by atoms with E-state index in [1.165, 1.54) is 18.3 Å². The van der Waals surface area contributed by atoms with E-state index in [0.29, 0.717) is 11.8 Å². The molecule has 0 atom stereocenters. The Balaban J connectivity index is 2.13. The van der Waals surface area contributed by atoms with Crippen LogP contribution in [0.15, 0.2) is 35.4 Å². The molecule has 0 aliphatic carbocycles. The van der Waals surface area contributed by atoms with Gasteiger partial charge in [-0.3, -0.25) is 0 Å². The number of aromatic amines is 1. The standard InChI is InChI=1S/C12H13F2N3O2S/c13-9-2-1-8(12(14)3-9)6-17-20(18,19)11-4-10(5-15)16-7-11/h1-4,7,16-17H,5-6,15H2. The van der Waals surface area contributed by atoms with Crippen molar-refractivity contribution in [1.82, 2.24) is 9.71 Å². The van der Waals surface area contributed by atoms with Crippen molar-refractivity contribution in [2.75, 3.05) is 0 Å². The maximum Gasteiger partial charge on any atom is 0.242 e. The molecule has 0 fully saturated rings. The number of rotatable bonds is 5. The van der Waals surface area contributed by atoms with Crippen molar-refractivity contribution in [3.63, 3.8) is 0 Å². The van der Waals surface area contributed by atoms with Crippen LogP contribution in [0.25, 0.3) is 0 Å². The van der Waals surface area contributed by atoms with Gasteiger partial charge < -0.3 is 10.7 Å². The molecule has 1 heterocycles. The van der Waals surface area contributed by atoms with Gasteiger partial charge in [0.2, 0.25) is 10.0 Å². The van der Waals surface area contributed by atoms with Crippen LogP contribution < -0.4 is 10.5 Å². The molecular formula is C12H13F2N3O2S. The van der Waals surface area contributed by atoms with Crippen molar-refractivity contribution in [3.05, 3.63) is 53.4 Å². The molecule has 1 aromatic heterocycles. The number of nitrogens with one attached hydrogen (secondary N) is 2. The lowest BCUT2D eigenvalue weighted by atomic mass is 10.2. The summed E-state index contributed by atoms with van der Waals surface area (Å²) in [5, 5.41) is 0. The van der Waals surface area contributed by atoms with Crippen LogP contribution in [-0.4, -0.2) is 13.4 Å². The van der Waals surface area contributed by atoms with Gasteiger partial charge in [-0.25, -0.2) is 21.9 Å². The van der Waals surface area contributed by atoms with E-state index in [1.807, 2.05) is 0 Å². The largest absolute Gasteiger partial charge is 0.363 e. The fourth-order valence-corrected chi connectivity index (χ4v) is 2.64. The van der Waals surface area contributed by atoms with Gasteiger partial charge >= 0.3 is 0 Å². The predicted molar refractivity (Wildman–Crippen MR) is 69.1 cm³/mol. The first-order valence-corrected chi connectivity index (χ1v) is 7.21. The van der Waals surface area contributed by atoms with Gasteiger partial charge in [0, 0.05) is 36.6 Å². The lowest BCUT2D eigenvalue weighted by Gasteiger charge is -2.06. The quantitative estimate of drug-likeness (QED) is 0.776. The van der Waals surface area contributed by atoms with Crippen LogP contribution in [-0.2, 0) is 23.1 Å². The summed E-state index contributed by atoms with van der Waals surface area (Å²) in [7, 11) is -3.77. The molecule has 0 saturated heterocycles. The zero-order valence-corrected chi connectivity index (χ0v) is 11.2. The average Bonchev–Trinajstić information content (AvgIpc) is 2.87. The Hall–Kier alpha value is -1.77. The number of nitrogens with two attached hydrogens (primary N) is 1. The van der Waals surface area contributed by atoms with Crippen LogP contribution in [0.1, 0.15) is 11.3 Å². The Kier molecular flexibility index (Phi) is 4.17. The Morgan fingerprint density at radius 3 is 2.60 bits per heavy atom. The van der Waals surface area contributed by atoms with E-state index < -0.39 is 21.7 Å². The van der Waals surface area contributed by atoms with Gasteiger partial charge in [-0.2, -0.15) is 0 Å². The Labute approximate surface area is 114 Å². The summed E-state index contributed by atoms with van der Waals surface area (Å²) in [5.74, 6) is -1.52. The van der Waals surface area contributed by atoms with Crippen LogP contribution in [0, 0.1) is 11.6 Å². The van der Waals surface area contributed by atoms with Gasteiger partial charge in [0.1, 0.15) is 11.6 Å². The van der Waals surface area contributed by atoms with Gasteiger partial charge in [-0.1, -0.05) is 6.07 Å². The molecule has 4 N–H and O–H groups in total. The first-order valence-electron chi connectivity index (χ1n) is 5.73. The minimum atomic E-state index is -3.77. The lowest BCUT2D eigenvalue weighted by molar-refractivity contribution is 0.562. The third-order valence-electron chi connectivity index (χ3n) is 2.71. The summed E-state index contributed by atoms with van der Waals surface area (Å²) in [5.41, 5.74) is 6.00. The molecule has 108 valence electrons. The number of benzene rings is 1. The van der Waals surface area contributed by atoms with E-state index >= 15 is 0 Å². The highest BCUT2D eigenvalue weighted by Gasteiger charge is 2.16. The Bertz CT molecular complexity index is 713. The molecule has 0 aliphatic rings. The summed E-state index contributed by atoms with van der Waals surface area (Å²) in [6.45, 7) is -0.0836. The van der Waals surface area contributed by atoms with Crippen molar-refractivity contribution >= 4 is 10.0 Å². The Morgan fingerprint density at radius 2 is 2.00 bits per heavy atom. The number of hydrogen-bond donors (Lipinski definition) is 3. The monoisotopic (exact) mass is 301 g/mol. The molecule has 0 bridgehead atoms. The smallest absolute Gasteiger partial charge is 0.242 e. The molecule has 8 heteroatoms. The van der Waals surface area contributed by atoms with Crippen LogP contribution in [0.3, 0.4) is 0 Å². The highest BCUT2D eigenvalue weighted by Crippen LogP contribution is 2.13. The normalized spacial score (nSPS) is 11.8. The molecule has 1 aromatic carbocycles. The zero-order chi connectivity index (χ0) is 14.8. The zero-order valence-electron chi connectivity index (χ0n) is 10.4. The van der Waals surface area contributed by atoms with Crippen LogP contribution in [0.2, 0.25) is 0 Å². The van der Waals surface area contributed by atoms with Crippen molar-refractivity contribution in [3.8, 4) is 0 Å². The van der Waals surface area contributed by atoms with E-state index in [-0.39, 0.29) is 23.5 Å². The predicted octanol–water partition coefficient (Wildman–Crippen LogP) is 1.23. The maximum absolute atomic E-state index is 13.4. The number of H-pyrrole nitrogens is 1. The number of hydrogen-bond acceptors (Lipinski definition) is 3. The minimum absolute atomic E-state index is 0.0143. The van der Waals surface area contributed by atoms with E-state index in [2.05, 4.69) is 9.71 Å². The maximum atomic E-state index is 13.4. The molecule has 0 spiro atoms. The highest BCUT2D eigenvalue weighted by atomic mass is 32.2. The van der Waals surface area contributed by atoms with Gasteiger partial charge in [0.05, 0.1) is 4.90 Å². The van der Waals surface area contributed by atoms with E-state index in [1.54, 1.807) is 0 Å². The van der Waals surface area contributed by atoms with E-state index in [0.717, 1.165) is 6.07 Å². The molecule has 20 heavy (non-hydrogen) atoms. The van der Waals surface area contributed by atoms with Crippen molar-refractivity contribution in [2.45, 2.75) is 18.0 Å². The van der Waals surface area contributed by atoms with Crippen LogP contribution >= 0.6 is 0 Å². The summed E-state index contributed by atoms with van der Waals surface area (Å²) < 4.78 is 52.3. The number of aromatic nitrogens is 1. The van der Waals surface area contributed by atoms with Crippen LogP contribution in [0.4, 0.5) is 8.78 Å². The average molecular weight is 301 g/mol. The van der Waals surface area contributed by atoms with Crippen molar-refractivity contribution in [2.24, 2.45) is 5.73 Å². The van der Waals surface area contributed by atoms with E-state index in [9.17, 15) is 17.2 Å². The van der Waals surface area contributed by atoms with Gasteiger partial charge in [0.15, 0.2) is 0 Å². The third-order valence-corrected chi connectivity index (χ3v) is 4.09. The fourth-order valence-electron chi connectivity index (χ4n) is 1.61. The Morgan fingerprint density at radius 1 is 1.25 bits per heavy atom. The molecule has 5 nitrogen and oxygen atoms in total. The second kappa shape index (κ2) is 5.70. The first-order chi connectivity index (χ1) is 9.42.